The van der Waals surface area contributed by atoms with E-state index in [0.29, 0.717) is 19.5 Å². The fourth-order valence-corrected chi connectivity index (χ4v) is 5.75. The van der Waals surface area contributed by atoms with Crippen LogP contribution in [-0.4, -0.2) is 76.6 Å². The molecular formula is C34H43N5O3. The number of urea groups is 1. The third-order valence-electron chi connectivity index (χ3n) is 7.93. The van der Waals surface area contributed by atoms with Crippen molar-refractivity contribution in [1.82, 2.24) is 25.1 Å². The van der Waals surface area contributed by atoms with Crippen LogP contribution in [0.1, 0.15) is 50.2 Å². The number of fused-ring (bicyclic) bond motifs is 1. The van der Waals surface area contributed by atoms with Crippen LogP contribution in [0.25, 0.3) is 0 Å². The number of hydrogen-bond acceptors (Lipinski definition) is 4. The molecule has 8 heteroatoms. The Bertz CT molecular complexity index is 1290. The van der Waals surface area contributed by atoms with E-state index in [1.807, 2.05) is 84.7 Å². The van der Waals surface area contributed by atoms with Gasteiger partial charge in [0.2, 0.25) is 11.8 Å². The number of likely N-dealkylation sites (N-methyl/N-ethyl adjacent to an activating group) is 1. The average Bonchev–Trinajstić information content (AvgIpc) is 2.99. The predicted molar refractivity (Wildman–Crippen MR) is 166 cm³/mol. The van der Waals surface area contributed by atoms with Gasteiger partial charge in [0.15, 0.2) is 0 Å². The molecule has 0 aliphatic carbocycles. The molecule has 2 aromatic carbocycles. The molecule has 4 rings (SSSR count). The fraction of sp³-hybridized carbons (Fsp3) is 0.382. The SMILES string of the molecule is C=C(/C=C\C=C/C)C(CN1C[C@H]2N(C(=O)CN(C)N2C(=O)NCc2ccccc2)[C@@H](CCCC)C1=O)c1ccccc1. The molecule has 0 bridgehead atoms. The molecule has 8 nitrogen and oxygen atoms in total. The molecular weight excluding hydrogens is 526 g/mol. The van der Waals surface area contributed by atoms with Crippen LogP contribution in [0.5, 0.6) is 0 Å². The molecule has 42 heavy (non-hydrogen) atoms. The summed E-state index contributed by atoms with van der Waals surface area (Å²) in [6.45, 7) is 9.39. The molecule has 0 saturated carbocycles. The number of unbranched alkanes of at least 4 members (excludes halogenated alkanes) is 1. The standard InChI is InChI=1S/C34H43N5O3/c1-5-7-11-16-26(3)29(28-19-14-10-15-20-28)23-37-24-31-38(30(33(37)41)21-8-6-2)32(40)25-36(4)39(31)34(42)35-22-27-17-12-9-13-18-27/h5,7,9-20,29-31H,3,6,8,21-25H2,1-2,4H3,(H,35,42)/b7-5-,16-11-/t29?,30-,31-/m0/s1. The summed E-state index contributed by atoms with van der Waals surface area (Å²) in [6.07, 6.45) is 9.48. The van der Waals surface area contributed by atoms with Crippen molar-refractivity contribution in [2.45, 2.75) is 57.8 Å². The van der Waals surface area contributed by atoms with Gasteiger partial charge < -0.3 is 15.1 Å². The van der Waals surface area contributed by atoms with E-state index in [1.165, 1.54) is 0 Å². The van der Waals surface area contributed by atoms with Crippen LogP contribution < -0.4 is 5.32 Å². The normalized spacial score (nSPS) is 20.3. The molecule has 2 saturated heterocycles. The van der Waals surface area contributed by atoms with Crippen LogP contribution in [0.15, 0.2) is 97.1 Å². The molecule has 2 heterocycles. The van der Waals surface area contributed by atoms with Gasteiger partial charge in [0.25, 0.3) is 0 Å². The summed E-state index contributed by atoms with van der Waals surface area (Å²) < 4.78 is 0. The zero-order valence-electron chi connectivity index (χ0n) is 25.0. The molecule has 0 radical (unpaired) electrons. The van der Waals surface area contributed by atoms with Crippen molar-refractivity contribution in [3.8, 4) is 0 Å². The average molecular weight is 570 g/mol. The first kappa shape index (κ1) is 30.8. The number of hydrazine groups is 1. The highest BCUT2D eigenvalue weighted by Gasteiger charge is 2.50. The minimum atomic E-state index is -0.627. The van der Waals surface area contributed by atoms with Crippen LogP contribution >= 0.6 is 0 Å². The molecule has 4 amide bonds. The van der Waals surface area contributed by atoms with Gasteiger partial charge in [0, 0.05) is 26.1 Å². The van der Waals surface area contributed by atoms with Gasteiger partial charge in [0.1, 0.15) is 12.2 Å². The van der Waals surface area contributed by atoms with Gasteiger partial charge in [-0.3, -0.25) is 9.59 Å². The monoisotopic (exact) mass is 569 g/mol. The molecule has 222 valence electrons. The van der Waals surface area contributed by atoms with Crippen LogP contribution in [-0.2, 0) is 16.1 Å². The number of piperazine rings is 1. The van der Waals surface area contributed by atoms with E-state index in [1.54, 1.807) is 22.0 Å². The molecule has 2 aromatic rings. The summed E-state index contributed by atoms with van der Waals surface area (Å²) in [6, 6.07) is 18.8. The van der Waals surface area contributed by atoms with E-state index in [0.717, 1.165) is 29.5 Å². The maximum absolute atomic E-state index is 14.1. The summed E-state index contributed by atoms with van der Waals surface area (Å²) in [7, 11) is 1.75. The number of rotatable bonds is 11. The highest BCUT2D eigenvalue weighted by Crippen LogP contribution is 2.32. The molecule has 2 aliphatic heterocycles. The summed E-state index contributed by atoms with van der Waals surface area (Å²) >= 11 is 0. The highest BCUT2D eigenvalue weighted by molar-refractivity contribution is 5.91. The second-order valence-corrected chi connectivity index (χ2v) is 10.9. The number of benzene rings is 2. The van der Waals surface area contributed by atoms with Crippen molar-refractivity contribution in [2.75, 3.05) is 26.7 Å². The van der Waals surface area contributed by atoms with E-state index >= 15 is 0 Å². The number of amides is 4. The van der Waals surface area contributed by atoms with E-state index in [-0.39, 0.29) is 36.9 Å². The van der Waals surface area contributed by atoms with E-state index in [2.05, 4.69) is 31.0 Å². The maximum atomic E-state index is 14.1. The van der Waals surface area contributed by atoms with Crippen molar-refractivity contribution in [3.05, 3.63) is 108 Å². The number of carbonyl (C=O) groups is 3. The number of nitrogens with zero attached hydrogens (tertiary/aromatic N) is 4. The lowest BCUT2D eigenvalue weighted by molar-refractivity contribution is -0.187. The summed E-state index contributed by atoms with van der Waals surface area (Å²) in [5.41, 5.74) is 2.92. The van der Waals surface area contributed by atoms with Gasteiger partial charge in [-0.2, -0.15) is 0 Å². The Kier molecular flexibility index (Phi) is 10.7. The van der Waals surface area contributed by atoms with Crippen LogP contribution in [0, 0.1) is 0 Å². The first-order valence-electron chi connectivity index (χ1n) is 14.8. The second kappa shape index (κ2) is 14.6. The molecule has 1 unspecified atom stereocenters. The summed E-state index contributed by atoms with van der Waals surface area (Å²) in [4.78, 5) is 44.7. The van der Waals surface area contributed by atoms with Crippen molar-refractivity contribution in [2.24, 2.45) is 0 Å². The summed E-state index contributed by atoms with van der Waals surface area (Å²) in [5.74, 6) is -0.358. The van der Waals surface area contributed by atoms with Crippen molar-refractivity contribution >= 4 is 17.8 Å². The fourth-order valence-electron chi connectivity index (χ4n) is 5.75. The Hall–Kier alpha value is -4.17. The van der Waals surface area contributed by atoms with Gasteiger partial charge in [-0.25, -0.2) is 14.8 Å². The Balaban J connectivity index is 1.65. The lowest BCUT2D eigenvalue weighted by Crippen LogP contribution is -2.76. The van der Waals surface area contributed by atoms with Crippen LogP contribution in [0.4, 0.5) is 4.79 Å². The van der Waals surface area contributed by atoms with Gasteiger partial charge in [-0.1, -0.05) is 111 Å². The van der Waals surface area contributed by atoms with Gasteiger partial charge in [-0.15, -0.1) is 0 Å². The third kappa shape index (κ3) is 7.18. The minimum absolute atomic E-state index is 0.0321. The van der Waals surface area contributed by atoms with Crippen LogP contribution in [0.3, 0.4) is 0 Å². The lowest BCUT2D eigenvalue weighted by atomic mass is 9.90. The zero-order valence-corrected chi connectivity index (χ0v) is 25.0. The first-order valence-corrected chi connectivity index (χ1v) is 14.8. The Morgan fingerprint density at radius 2 is 1.76 bits per heavy atom. The Morgan fingerprint density at radius 1 is 1.07 bits per heavy atom. The molecule has 1 N–H and O–H groups in total. The van der Waals surface area contributed by atoms with E-state index in [9.17, 15) is 14.4 Å². The number of allylic oxidation sites excluding steroid dienone is 4. The predicted octanol–water partition coefficient (Wildman–Crippen LogP) is 5.09. The molecule has 3 atom stereocenters. The molecule has 0 aromatic heterocycles. The minimum Gasteiger partial charge on any atom is -0.336 e. The number of hydrogen-bond donors (Lipinski definition) is 1. The summed E-state index contributed by atoms with van der Waals surface area (Å²) in [5, 5.41) is 6.30. The van der Waals surface area contributed by atoms with Crippen molar-refractivity contribution in [3.63, 3.8) is 0 Å². The zero-order chi connectivity index (χ0) is 30.1. The van der Waals surface area contributed by atoms with Crippen molar-refractivity contribution < 1.29 is 14.4 Å². The second-order valence-electron chi connectivity index (χ2n) is 10.9. The van der Waals surface area contributed by atoms with Gasteiger partial charge >= 0.3 is 6.03 Å². The third-order valence-corrected chi connectivity index (χ3v) is 7.93. The van der Waals surface area contributed by atoms with E-state index in [4.69, 9.17) is 0 Å². The van der Waals surface area contributed by atoms with Gasteiger partial charge in [0.05, 0.1) is 13.1 Å². The smallest absolute Gasteiger partial charge is 0.334 e. The largest absolute Gasteiger partial charge is 0.336 e. The highest BCUT2D eigenvalue weighted by atomic mass is 16.2. The molecule has 0 spiro atoms. The van der Waals surface area contributed by atoms with Crippen LogP contribution in [0.2, 0.25) is 0 Å². The van der Waals surface area contributed by atoms with E-state index < -0.39 is 12.2 Å². The Morgan fingerprint density at radius 3 is 2.43 bits per heavy atom. The molecule has 2 aliphatic rings. The Labute approximate surface area is 249 Å². The maximum Gasteiger partial charge on any atom is 0.334 e. The van der Waals surface area contributed by atoms with Gasteiger partial charge in [-0.05, 0) is 30.0 Å². The lowest BCUT2D eigenvalue weighted by Gasteiger charge is -2.54. The first-order chi connectivity index (χ1) is 20.3. The van der Waals surface area contributed by atoms with Crippen molar-refractivity contribution in [1.29, 1.82) is 0 Å². The number of carbonyl (C=O) groups excluding carboxylic acids is 3. The number of nitrogens with one attached hydrogen (secondary N) is 1. The quantitative estimate of drug-likeness (QED) is 0.383. The topological polar surface area (TPSA) is 76.2 Å². The molecule has 2 fully saturated rings.